The first-order valence-corrected chi connectivity index (χ1v) is 9.23. The van der Waals surface area contributed by atoms with Crippen LogP contribution in [-0.2, 0) is 10.0 Å². The fourth-order valence-corrected chi connectivity index (χ4v) is 4.66. The predicted octanol–water partition coefficient (Wildman–Crippen LogP) is 4.43. The van der Waals surface area contributed by atoms with Crippen LogP contribution in [0.2, 0.25) is 10.0 Å². The molecule has 1 N–H and O–H groups in total. The molecule has 0 fully saturated rings. The lowest BCUT2D eigenvalue weighted by atomic mass is 10.1. The highest BCUT2D eigenvalue weighted by molar-refractivity contribution is 7.89. The van der Waals surface area contributed by atoms with E-state index in [1.165, 1.54) is 12.1 Å². The third-order valence-corrected chi connectivity index (χ3v) is 5.84. The fourth-order valence-electron chi connectivity index (χ4n) is 2.21. The van der Waals surface area contributed by atoms with Gasteiger partial charge in [0, 0.05) is 6.04 Å². The van der Waals surface area contributed by atoms with Crippen molar-refractivity contribution in [3.63, 3.8) is 0 Å². The molecule has 2 rings (SSSR count). The molecule has 0 aliphatic heterocycles. The molecule has 1 atom stereocenters. The molecule has 2 aromatic carbocycles. The summed E-state index contributed by atoms with van der Waals surface area (Å²) in [5, 5.41) is 0.184. The number of sulfonamides is 1. The SMILES string of the molecule is CCC(NS(=O)(=O)c1c(Cl)cccc1Cl)c1ccc(OC)cc1. The Morgan fingerprint density at radius 1 is 1.09 bits per heavy atom. The molecule has 7 heteroatoms. The Morgan fingerprint density at radius 2 is 1.65 bits per heavy atom. The molecule has 0 bridgehead atoms. The van der Waals surface area contributed by atoms with Crippen LogP contribution in [0.3, 0.4) is 0 Å². The van der Waals surface area contributed by atoms with Crippen LogP contribution in [0.1, 0.15) is 24.9 Å². The molecule has 0 aromatic heterocycles. The van der Waals surface area contributed by atoms with Crippen LogP contribution >= 0.6 is 23.2 Å². The van der Waals surface area contributed by atoms with Gasteiger partial charge in [-0.05, 0) is 36.2 Å². The van der Waals surface area contributed by atoms with Crippen molar-refractivity contribution in [2.45, 2.75) is 24.3 Å². The average molecular weight is 374 g/mol. The van der Waals surface area contributed by atoms with E-state index in [2.05, 4.69) is 4.72 Å². The summed E-state index contributed by atoms with van der Waals surface area (Å²) in [6.07, 6.45) is 0.577. The van der Waals surface area contributed by atoms with Gasteiger partial charge < -0.3 is 4.74 Å². The van der Waals surface area contributed by atoms with E-state index in [4.69, 9.17) is 27.9 Å². The second-order valence-electron chi connectivity index (χ2n) is 4.91. The van der Waals surface area contributed by atoms with E-state index in [-0.39, 0.29) is 14.9 Å². The van der Waals surface area contributed by atoms with Gasteiger partial charge in [0.2, 0.25) is 10.0 Å². The lowest BCUT2D eigenvalue weighted by Crippen LogP contribution is -2.28. The number of nitrogens with one attached hydrogen (secondary N) is 1. The van der Waals surface area contributed by atoms with E-state index in [0.717, 1.165) is 5.56 Å². The lowest BCUT2D eigenvalue weighted by Gasteiger charge is -2.19. The molecule has 1 unspecified atom stereocenters. The van der Waals surface area contributed by atoms with Crippen LogP contribution in [0.15, 0.2) is 47.4 Å². The van der Waals surface area contributed by atoms with Gasteiger partial charge >= 0.3 is 0 Å². The standard InChI is InChI=1S/C16H17Cl2NO3S/c1-3-15(11-7-9-12(22-2)10-8-11)19-23(20,21)16-13(17)5-4-6-14(16)18/h4-10,15,19H,3H2,1-2H3. The first-order chi connectivity index (χ1) is 10.9. The molecule has 0 aliphatic rings. The second kappa shape index (κ2) is 7.53. The van der Waals surface area contributed by atoms with E-state index >= 15 is 0 Å². The number of ether oxygens (including phenoxy) is 1. The van der Waals surface area contributed by atoms with Crippen molar-refractivity contribution in [1.29, 1.82) is 0 Å². The van der Waals surface area contributed by atoms with Crippen molar-refractivity contribution >= 4 is 33.2 Å². The molecular formula is C16H17Cl2NO3S. The number of halogens is 2. The largest absolute Gasteiger partial charge is 0.497 e. The zero-order valence-corrected chi connectivity index (χ0v) is 15.0. The molecular weight excluding hydrogens is 357 g/mol. The average Bonchev–Trinajstić information content (AvgIpc) is 2.52. The zero-order valence-electron chi connectivity index (χ0n) is 12.7. The van der Waals surface area contributed by atoms with E-state index < -0.39 is 16.1 Å². The van der Waals surface area contributed by atoms with Gasteiger partial charge in [-0.3, -0.25) is 0 Å². The molecule has 0 aliphatic carbocycles. The van der Waals surface area contributed by atoms with Gasteiger partial charge in [0.15, 0.2) is 0 Å². The van der Waals surface area contributed by atoms with Crippen LogP contribution in [0.25, 0.3) is 0 Å². The topological polar surface area (TPSA) is 55.4 Å². The highest BCUT2D eigenvalue weighted by Gasteiger charge is 2.25. The number of hydrogen-bond donors (Lipinski definition) is 1. The third-order valence-electron chi connectivity index (χ3n) is 3.41. The summed E-state index contributed by atoms with van der Waals surface area (Å²) in [6, 6.07) is 11.4. The number of methoxy groups -OCH3 is 1. The Kier molecular flexibility index (Phi) is 5.92. The maximum atomic E-state index is 12.6. The zero-order chi connectivity index (χ0) is 17.0. The highest BCUT2D eigenvalue weighted by atomic mass is 35.5. The van der Waals surface area contributed by atoms with E-state index in [1.807, 2.05) is 19.1 Å². The van der Waals surface area contributed by atoms with Crippen LogP contribution < -0.4 is 9.46 Å². The number of benzene rings is 2. The lowest BCUT2D eigenvalue weighted by molar-refractivity contribution is 0.414. The van der Waals surface area contributed by atoms with E-state index in [1.54, 1.807) is 25.3 Å². The Bertz CT molecular complexity index is 756. The van der Waals surface area contributed by atoms with Crippen molar-refractivity contribution in [1.82, 2.24) is 4.72 Å². The fraction of sp³-hybridized carbons (Fsp3) is 0.250. The summed E-state index contributed by atoms with van der Waals surface area (Å²) in [5.41, 5.74) is 0.833. The molecule has 0 amide bonds. The Labute approximate surface area is 146 Å². The first kappa shape index (κ1) is 18.1. The minimum atomic E-state index is -3.84. The highest BCUT2D eigenvalue weighted by Crippen LogP contribution is 2.31. The second-order valence-corrected chi connectivity index (χ2v) is 7.37. The maximum absolute atomic E-state index is 12.6. The summed E-state index contributed by atoms with van der Waals surface area (Å²) in [5.74, 6) is 0.709. The van der Waals surface area contributed by atoms with Gasteiger partial charge in [-0.15, -0.1) is 0 Å². The number of rotatable bonds is 6. The van der Waals surface area contributed by atoms with Crippen molar-refractivity contribution in [2.24, 2.45) is 0 Å². The molecule has 0 saturated heterocycles. The Morgan fingerprint density at radius 3 is 2.13 bits per heavy atom. The summed E-state index contributed by atoms with van der Waals surface area (Å²) >= 11 is 12.0. The third kappa shape index (κ3) is 4.18. The Hall–Kier alpha value is -1.27. The molecule has 0 saturated carbocycles. The Balaban J connectivity index is 2.33. The van der Waals surface area contributed by atoms with Gasteiger partial charge in [0.1, 0.15) is 10.6 Å². The van der Waals surface area contributed by atoms with Crippen molar-refractivity contribution in [3.05, 3.63) is 58.1 Å². The van der Waals surface area contributed by atoms with Gasteiger partial charge in [0.05, 0.1) is 17.2 Å². The molecule has 0 heterocycles. The summed E-state index contributed by atoms with van der Waals surface area (Å²) in [6.45, 7) is 1.89. The molecule has 0 spiro atoms. The summed E-state index contributed by atoms with van der Waals surface area (Å²) in [7, 11) is -2.26. The van der Waals surface area contributed by atoms with E-state index in [0.29, 0.717) is 12.2 Å². The van der Waals surface area contributed by atoms with Gasteiger partial charge in [0.25, 0.3) is 0 Å². The first-order valence-electron chi connectivity index (χ1n) is 6.99. The number of hydrogen-bond acceptors (Lipinski definition) is 3. The maximum Gasteiger partial charge on any atom is 0.244 e. The van der Waals surface area contributed by atoms with E-state index in [9.17, 15) is 8.42 Å². The van der Waals surface area contributed by atoms with Crippen LogP contribution in [0.4, 0.5) is 0 Å². The van der Waals surface area contributed by atoms with Crippen molar-refractivity contribution < 1.29 is 13.2 Å². The minimum Gasteiger partial charge on any atom is -0.497 e. The molecule has 4 nitrogen and oxygen atoms in total. The van der Waals surface area contributed by atoms with Gasteiger partial charge in [-0.2, -0.15) is 0 Å². The smallest absolute Gasteiger partial charge is 0.244 e. The van der Waals surface area contributed by atoms with Gasteiger partial charge in [-0.25, -0.2) is 13.1 Å². The molecule has 124 valence electrons. The monoisotopic (exact) mass is 373 g/mol. The quantitative estimate of drug-likeness (QED) is 0.814. The normalized spacial score (nSPS) is 12.9. The molecule has 0 radical (unpaired) electrons. The molecule has 2 aromatic rings. The van der Waals surface area contributed by atoms with Crippen molar-refractivity contribution in [3.8, 4) is 5.75 Å². The minimum absolute atomic E-state index is 0.0922. The predicted molar refractivity (Wildman–Crippen MR) is 92.8 cm³/mol. The molecule has 23 heavy (non-hydrogen) atoms. The van der Waals surface area contributed by atoms with Crippen LogP contribution in [0, 0.1) is 0 Å². The van der Waals surface area contributed by atoms with Crippen LogP contribution in [-0.4, -0.2) is 15.5 Å². The van der Waals surface area contributed by atoms with Crippen LogP contribution in [0.5, 0.6) is 5.75 Å². The van der Waals surface area contributed by atoms with Crippen molar-refractivity contribution in [2.75, 3.05) is 7.11 Å². The summed E-state index contributed by atoms with van der Waals surface area (Å²) < 4.78 is 33.0. The van der Waals surface area contributed by atoms with Gasteiger partial charge in [-0.1, -0.05) is 48.3 Å². The summed E-state index contributed by atoms with van der Waals surface area (Å²) in [4.78, 5) is -0.102.